The lowest BCUT2D eigenvalue weighted by atomic mass is 9.82. The van der Waals surface area contributed by atoms with Gasteiger partial charge in [-0.2, -0.15) is 0 Å². The highest BCUT2D eigenvalue weighted by atomic mass is 16.5. The number of hydrazine groups is 1. The highest BCUT2D eigenvalue weighted by Gasteiger charge is 2.48. The largest absolute Gasteiger partial charge is 0.384 e. The van der Waals surface area contributed by atoms with Crippen molar-refractivity contribution in [3.8, 4) is 0 Å². The van der Waals surface area contributed by atoms with E-state index >= 15 is 0 Å². The molecular weight excluding hydrogens is 152 g/mol. The molecule has 1 heterocycles. The Hall–Kier alpha value is -0.120. The molecule has 2 aliphatic rings. The molecule has 0 aromatic heterocycles. The van der Waals surface area contributed by atoms with Crippen molar-refractivity contribution in [2.45, 2.75) is 19.3 Å². The highest BCUT2D eigenvalue weighted by molar-refractivity contribution is 4.99. The third-order valence-corrected chi connectivity index (χ3v) is 3.50. The van der Waals surface area contributed by atoms with Crippen molar-refractivity contribution in [3.63, 3.8) is 0 Å². The van der Waals surface area contributed by atoms with Gasteiger partial charge in [-0.3, -0.25) is 5.84 Å². The number of hydrogen-bond acceptors (Lipinski definition) is 3. The second-order valence-electron chi connectivity index (χ2n) is 4.31. The molecule has 1 saturated carbocycles. The van der Waals surface area contributed by atoms with E-state index in [0.29, 0.717) is 5.41 Å². The minimum atomic E-state index is 0.406. The molecule has 0 aromatic carbocycles. The van der Waals surface area contributed by atoms with Crippen LogP contribution >= 0.6 is 0 Å². The van der Waals surface area contributed by atoms with Gasteiger partial charge in [-0.25, -0.2) is 5.01 Å². The molecule has 1 saturated heterocycles. The minimum absolute atomic E-state index is 0.406. The number of rotatable bonds is 2. The van der Waals surface area contributed by atoms with Crippen molar-refractivity contribution in [2.24, 2.45) is 17.2 Å². The normalized spacial score (nSPS) is 42.0. The lowest BCUT2D eigenvalue weighted by molar-refractivity contribution is 0.0704. The van der Waals surface area contributed by atoms with Crippen molar-refractivity contribution in [1.29, 1.82) is 0 Å². The van der Waals surface area contributed by atoms with Crippen molar-refractivity contribution in [2.75, 3.05) is 26.8 Å². The Morgan fingerprint density at radius 2 is 2.50 bits per heavy atom. The zero-order chi connectivity index (χ0) is 8.60. The number of ether oxygens (including phenoxy) is 1. The summed E-state index contributed by atoms with van der Waals surface area (Å²) in [6.45, 7) is 3.00. The van der Waals surface area contributed by atoms with Gasteiger partial charge < -0.3 is 4.74 Å². The monoisotopic (exact) mass is 170 g/mol. The van der Waals surface area contributed by atoms with Crippen molar-refractivity contribution in [3.05, 3.63) is 0 Å². The molecular formula is C9H18N2O. The van der Waals surface area contributed by atoms with E-state index in [4.69, 9.17) is 10.6 Å². The predicted molar refractivity (Wildman–Crippen MR) is 47.4 cm³/mol. The summed E-state index contributed by atoms with van der Waals surface area (Å²) >= 11 is 0. The standard InChI is InChI=1S/C9H18N2O/c1-12-7-9-4-2-3-8(9)5-11(10)6-9/h8H,2-7,10H2,1H3/t8-,9+/m1/s1. The maximum atomic E-state index is 5.82. The summed E-state index contributed by atoms with van der Waals surface area (Å²) in [4.78, 5) is 0. The van der Waals surface area contributed by atoms with Crippen LogP contribution in [0.2, 0.25) is 0 Å². The molecule has 0 aromatic rings. The highest BCUT2D eigenvalue weighted by Crippen LogP contribution is 2.47. The number of fused-ring (bicyclic) bond motifs is 1. The van der Waals surface area contributed by atoms with Crippen molar-refractivity contribution in [1.82, 2.24) is 5.01 Å². The average Bonchev–Trinajstić information content (AvgIpc) is 2.44. The minimum Gasteiger partial charge on any atom is -0.384 e. The Balaban J connectivity index is 2.09. The third kappa shape index (κ3) is 1.16. The summed E-state index contributed by atoms with van der Waals surface area (Å²) in [5, 5.41) is 1.96. The van der Waals surface area contributed by atoms with Gasteiger partial charge in [-0.1, -0.05) is 6.42 Å². The fraction of sp³-hybridized carbons (Fsp3) is 1.00. The van der Waals surface area contributed by atoms with E-state index in [9.17, 15) is 0 Å². The van der Waals surface area contributed by atoms with E-state index in [1.54, 1.807) is 7.11 Å². The first-order valence-electron chi connectivity index (χ1n) is 4.75. The van der Waals surface area contributed by atoms with Crippen LogP contribution in [-0.2, 0) is 4.74 Å². The number of nitrogens with two attached hydrogens (primary N) is 1. The summed E-state index contributed by atoms with van der Waals surface area (Å²) < 4.78 is 5.30. The molecule has 0 amide bonds. The van der Waals surface area contributed by atoms with Gasteiger partial charge in [0.2, 0.25) is 0 Å². The predicted octanol–water partition coefficient (Wildman–Crippen LogP) is 0.609. The van der Waals surface area contributed by atoms with E-state index < -0.39 is 0 Å². The molecule has 0 spiro atoms. The van der Waals surface area contributed by atoms with Gasteiger partial charge in [0, 0.05) is 25.6 Å². The molecule has 2 atom stereocenters. The number of methoxy groups -OCH3 is 1. The van der Waals surface area contributed by atoms with Crippen LogP contribution in [0.5, 0.6) is 0 Å². The molecule has 2 N–H and O–H groups in total. The molecule has 3 heteroatoms. The van der Waals surface area contributed by atoms with Crippen molar-refractivity contribution < 1.29 is 4.74 Å². The SMILES string of the molecule is COC[C@@]12CCC[C@@H]1CN(N)C2. The molecule has 70 valence electrons. The quantitative estimate of drug-likeness (QED) is 0.617. The summed E-state index contributed by atoms with van der Waals surface area (Å²) in [6, 6.07) is 0. The third-order valence-electron chi connectivity index (χ3n) is 3.50. The van der Waals surface area contributed by atoms with Gasteiger partial charge in [-0.15, -0.1) is 0 Å². The van der Waals surface area contributed by atoms with Crippen LogP contribution in [0.4, 0.5) is 0 Å². The molecule has 0 unspecified atom stereocenters. The average molecular weight is 170 g/mol. The molecule has 1 aliphatic carbocycles. The first kappa shape index (κ1) is 8.48. The van der Waals surface area contributed by atoms with Crippen LogP contribution < -0.4 is 5.84 Å². The second-order valence-corrected chi connectivity index (χ2v) is 4.31. The maximum Gasteiger partial charge on any atom is 0.0534 e. The Bertz CT molecular complexity index is 174. The second kappa shape index (κ2) is 2.98. The summed E-state index contributed by atoms with van der Waals surface area (Å²) in [6.07, 6.45) is 4.01. The molecule has 0 bridgehead atoms. The molecule has 1 aliphatic heterocycles. The first-order chi connectivity index (χ1) is 5.77. The Morgan fingerprint density at radius 1 is 1.67 bits per heavy atom. The Kier molecular flexibility index (Phi) is 2.10. The van der Waals surface area contributed by atoms with Crippen LogP contribution in [-0.4, -0.2) is 31.8 Å². The number of hydrogen-bond donors (Lipinski definition) is 1. The molecule has 12 heavy (non-hydrogen) atoms. The van der Waals surface area contributed by atoms with Crippen LogP contribution in [0.25, 0.3) is 0 Å². The van der Waals surface area contributed by atoms with Crippen LogP contribution in [0.1, 0.15) is 19.3 Å². The van der Waals surface area contributed by atoms with E-state index in [2.05, 4.69) is 0 Å². The lowest BCUT2D eigenvalue weighted by Gasteiger charge is -2.27. The molecule has 2 fully saturated rings. The van der Waals surface area contributed by atoms with E-state index in [1.165, 1.54) is 19.3 Å². The van der Waals surface area contributed by atoms with Crippen molar-refractivity contribution >= 4 is 0 Å². The summed E-state index contributed by atoms with van der Waals surface area (Å²) in [5.74, 6) is 6.61. The van der Waals surface area contributed by atoms with Gasteiger partial charge in [0.05, 0.1) is 6.61 Å². The smallest absolute Gasteiger partial charge is 0.0534 e. The molecule has 3 nitrogen and oxygen atoms in total. The van der Waals surface area contributed by atoms with E-state index in [-0.39, 0.29) is 0 Å². The van der Waals surface area contributed by atoms with Crippen LogP contribution in [0.15, 0.2) is 0 Å². The maximum absolute atomic E-state index is 5.82. The van der Waals surface area contributed by atoms with E-state index in [0.717, 1.165) is 25.6 Å². The topological polar surface area (TPSA) is 38.5 Å². The van der Waals surface area contributed by atoms with Gasteiger partial charge in [0.15, 0.2) is 0 Å². The lowest BCUT2D eigenvalue weighted by Crippen LogP contribution is -2.34. The van der Waals surface area contributed by atoms with Gasteiger partial charge in [0.1, 0.15) is 0 Å². The van der Waals surface area contributed by atoms with Gasteiger partial charge >= 0.3 is 0 Å². The fourth-order valence-electron chi connectivity index (χ4n) is 2.98. The van der Waals surface area contributed by atoms with Crippen LogP contribution in [0, 0.1) is 11.3 Å². The Morgan fingerprint density at radius 3 is 3.25 bits per heavy atom. The zero-order valence-electron chi connectivity index (χ0n) is 7.75. The van der Waals surface area contributed by atoms with Gasteiger partial charge in [0.25, 0.3) is 0 Å². The number of nitrogens with zero attached hydrogens (tertiary/aromatic N) is 1. The summed E-state index contributed by atoms with van der Waals surface area (Å²) in [7, 11) is 1.79. The Labute approximate surface area is 73.8 Å². The van der Waals surface area contributed by atoms with E-state index in [1.807, 2.05) is 5.01 Å². The zero-order valence-corrected chi connectivity index (χ0v) is 7.75. The van der Waals surface area contributed by atoms with Gasteiger partial charge in [-0.05, 0) is 18.8 Å². The first-order valence-corrected chi connectivity index (χ1v) is 4.75. The summed E-state index contributed by atoms with van der Waals surface area (Å²) in [5.41, 5.74) is 0.406. The molecule has 2 rings (SSSR count). The molecule has 0 radical (unpaired) electrons. The van der Waals surface area contributed by atoms with Crippen LogP contribution in [0.3, 0.4) is 0 Å². The fourth-order valence-corrected chi connectivity index (χ4v) is 2.98.